The van der Waals surface area contributed by atoms with Crippen LogP contribution in [0.25, 0.3) is 11.3 Å². The number of carbonyl (C=O) groups is 1. The third kappa shape index (κ3) is 2.71. The normalized spacial score (nSPS) is 28.8. The van der Waals surface area contributed by atoms with E-state index in [4.69, 9.17) is 0 Å². The minimum absolute atomic E-state index is 0.0959. The van der Waals surface area contributed by atoms with Crippen LogP contribution in [0.1, 0.15) is 30.3 Å². The number of hydrogen-bond acceptors (Lipinski definition) is 3. The summed E-state index contributed by atoms with van der Waals surface area (Å²) in [5, 5.41) is 3.19. The summed E-state index contributed by atoms with van der Waals surface area (Å²) >= 11 is 0. The fourth-order valence-corrected chi connectivity index (χ4v) is 4.04. The average molecular weight is 328 g/mol. The van der Waals surface area contributed by atoms with Crippen LogP contribution in [0, 0.1) is 11.9 Å². The molecule has 2 atom stereocenters. The Hall–Kier alpha value is -2.21. The summed E-state index contributed by atoms with van der Waals surface area (Å²) in [6, 6.07) is 7.18. The summed E-state index contributed by atoms with van der Waals surface area (Å²) in [4.78, 5) is 21.7. The van der Waals surface area contributed by atoms with Gasteiger partial charge in [-0.3, -0.25) is 9.69 Å². The van der Waals surface area contributed by atoms with Crippen molar-refractivity contribution in [2.75, 3.05) is 13.1 Å². The highest BCUT2D eigenvalue weighted by atomic mass is 19.1. The summed E-state index contributed by atoms with van der Waals surface area (Å²) in [5.41, 5.74) is 1.90. The first-order valence-electron chi connectivity index (χ1n) is 8.47. The van der Waals surface area contributed by atoms with Crippen LogP contribution in [0.2, 0.25) is 0 Å². The lowest BCUT2D eigenvalue weighted by Crippen LogP contribution is -2.62. The van der Waals surface area contributed by atoms with Gasteiger partial charge in [-0.05, 0) is 57.0 Å². The third-order valence-electron chi connectivity index (χ3n) is 5.44. The second-order valence-corrected chi connectivity index (χ2v) is 6.77. The number of aromatic nitrogens is 2. The molecule has 3 aliphatic rings. The van der Waals surface area contributed by atoms with Crippen LogP contribution in [-0.2, 0) is 0 Å². The lowest BCUT2D eigenvalue weighted by atomic mass is 9.79. The predicted octanol–water partition coefficient (Wildman–Crippen LogP) is 2.43. The summed E-state index contributed by atoms with van der Waals surface area (Å²) in [6.07, 6.45) is 3.73. The number of fused-ring (bicyclic) bond motifs is 3. The molecule has 0 spiro atoms. The largest absolute Gasteiger partial charge is 0.351 e. The Bertz CT molecular complexity index is 749. The van der Waals surface area contributed by atoms with Gasteiger partial charge in [0, 0.05) is 35.6 Å². The molecule has 24 heavy (non-hydrogen) atoms. The number of aromatic amines is 1. The summed E-state index contributed by atoms with van der Waals surface area (Å²) in [5.74, 6) is -0.0618. The van der Waals surface area contributed by atoms with Crippen molar-refractivity contribution in [1.29, 1.82) is 0 Å². The van der Waals surface area contributed by atoms with Crippen molar-refractivity contribution in [2.45, 2.75) is 31.8 Å². The SMILES string of the molecule is C[C@@H]1[C@H](NC(=O)c2ccc(-c3ccnc(F)c3)[nH]2)C2CCN1CC2. The molecule has 2 aromatic rings. The van der Waals surface area contributed by atoms with Crippen LogP contribution in [0.15, 0.2) is 30.5 Å². The van der Waals surface area contributed by atoms with Crippen molar-refractivity contribution in [3.63, 3.8) is 0 Å². The Morgan fingerprint density at radius 1 is 1.33 bits per heavy atom. The molecule has 3 saturated heterocycles. The Morgan fingerprint density at radius 2 is 2.12 bits per heavy atom. The number of hydrogen-bond donors (Lipinski definition) is 2. The van der Waals surface area contributed by atoms with Gasteiger partial charge in [-0.2, -0.15) is 4.39 Å². The lowest BCUT2D eigenvalue weighted by molar-refractivity contribution is 0.0216. The second-order valence-electron chi connectivity index (χ2n) is 6.77. The molecule has 2 aromatic heterocycles. The number of halogens is 1. The highest BCUT2D eigenvalue weighted by Crippen LogP contribution is 2.32. The van der Waals surface area contributed by atoms with Crippen molar-refractivity contribution < 1.29 is 9.18 Å². The van der Waals surface area contributed by atoms with Crippen molar-refractivity contribution in [1.82, 2.24) is 20.2 Å². The third-order valence-corrected chi connectivity index (χ3v) is 5.44. The van der Waals surface area contributed by atoms with Crippen molar-refractivity contribution in [3.8, 4) is 11.3 Å². The summed E-state index contributed by atoms with van der Waals surface area (Å²) < 4.78 is 13.2. The van der Waals surface area contributed by atoms with Crippen LogP contribution in [-0.4, -0.2) is 45.9 Å². The van der Waals surface area contributed by atoms with Crippen LogP contribution in [0.3, 0.4) is 0 Å². The van der Waals surface area contributed by atoms with Gasteiger partial charge in [0.05, 0.1) is 0 Å². The fourth-order valence-electron chi connectivity index (χ4n) is 4.04. The standard InChI is InChI=1S/C18H21FN4O/c1-11-17(12-5-8-23(11)9-6-12)22-18(24)15-3-2-14(21-15)13-4-7-20-16(19)10-13/h2-4,7,10-12,17,21H,5-6,8-9H2,1H3,(H,22,24)/t11-,17+/m1/s1. The highest BCUT2D eigenvalue weighted by molar-refractivity contribution is 5.93. The molecule has 6 heteroatoms. The molecular weight excluding hydrogens is 307 g/mol. The number of rotatable bonds is 3. The van der Waals surface area contributed by atoms with E-state index in [1.807, 2.05) is 0 Å². The molecule has 0 unspecified atom stereocenters. The first-order valence-corrected chi connectivity index (χ1v) is 8.47. The molecule has 5 rings (SSSR count). The van der Waals surface area contributed by atoms with Crippen LogP contribution >= 0.6 is 0 Å². The number of pyridine rings is 1. The summed E-state index contributed by atoms with van der Waals surface area (Å²) in [7, 11) is 0. The van der Waals surface area contributed by atoms with E-state index < -0.39 is 5.95 Å². The number of carbonyl (C=O) groups excluding carboxylic acids is 1. The quantitative estimate of drug-likeness (QED) is 0.851. The van der Waals surface area contributed by atoms with Gasteiger partial charge >= 0.3 is 0 Å². The van der Waals surface area contributed by atoms with Crippen LogP contribution in [0.5, 0.6) is 0 Å². The minimum Gasteiger partial charge on any atom is -0.351 e. The molecule has 3 fully saturated rings. The summed E-state index contributed by atoms with van der Waals surface area (Å²) in [6.45, 7) is 4.47. The average Bonchev–Trinajstić information content (AvgIpc) is 3.09. The highest BCUT2D eigenvalue weighted by Gasteiger charge is 2.40. The molecule has 0 radical (unpaired) electrons. The fraction of sp³-hybridized carbons (Fsp3) is 0.444. The Morgan fingerprint density at radius 3 is 2.83 bits per heavy atom. The van der Waals surface area contributed by atoms with Gasteiger partial charge in [0.1, 0.15) is 5.69 Å². The zero-order valence-electron chi connectivity index (χ0n) is 13.6. The van der Waals surface area contributed by atoms with Crippen molar-refractivity contribution in [3.05, 3.63) is 42.1 Å². The maximum absolute atomic E-state index is 13.2. The van der Waals surface area contributed by atoms with E-state index in [0.717, 1.165) is 25.9 Å². The van der Waals surface area contributed by atoms with E-state index in [2.05, 4.69) is 27.1 Å². The minimum atomic E-state index is -0.533. The zero-order chi connectivity index (χ0) is 16.7. The van der Waals surface area contributed by atoms with Crippen molar-refractivity contribution in [2.24, 2.45) is 5.92 Å². The molecular formula is C18H21FN4O. The second kappa shape index (κ2) is 6.02. The molecule has 0 aromatic carbocycles. The number of piperidine rings is 3. The maximum Gasteiger partial charge on any atom is 0.267 e. The van der Waals surface area contributed by atoms with E-state index in [0.29, 0.717) is 28.9 Å². The van der Waals surface area contributed by atoms with Crippen molar-refractivity contribution >= 4 is 5.91 Å². The molecule has 3 aliphatic heterocycles. The van der Waals surface area contributed by atoms with Gasteiger partial charge in [-0.25, -0.2) is 4.98 Å². The van der Waals surface area contributed by atoms with Gasteiger partial charge in [0.25, 0.3) is 5.91 Å². The smallest absolute Gasteiger partial charge is 0.267 e. The van der Waals surface area contributed by atoms with Gasteiger partial charge in [0.2, 0.25) is 5.95 Å². The molecule has 2 N–H and O–H groups in total. The van der Waals surface area contributed by atoms with Gasteiger partial charge in [0.15, 0.2) is 0 Å². The van der Waals surface area contributed by atoms with E-state index in [9.17, 15) is 9.18 Å². The zero-order valence-corrected chi connectivity index (χ0v) is 13.6. The molecule has 5 heterocycles. The molecule has 126 valence electrons. The Labute approximate surface area is 140 Å². The number of nitrogens with one attached hydrogen (secondary N) is 2. The van der Waals surface area contributed by atoms with E-state index in [1.54, 1.807) is 18.2 Å². The monoisotopic (exact) mass is 328 g/mol. The lowest BCUT2D eigenvalue weighted by Gasteiger charge is -2.49. The molecule has 0 aliphatic carbocycles. The number of nitrogens with zero attached hydrogens (tertiary/aromatic N) is 2. The van der Waals surface area contributed by atoms with E-state index >= 15 is 0 Å². The van der Waals surface area contributed by atoms with Gasteiger partial charge < -0.3 is 10.3 Å². The first kappa shape index (κ1) is 15.3. The van der Waals surface area contributed by atoms with Crippen LogP contribution < -0.4 is 5.32 Å². The van der Waals surface area contributed by atoms with E-state index in [-0.39, 0.29) is 11.9 Å². The molecule has 1 amide bonds. The Balaban J connectivity index is 1.49. The molecule has 5 nitrogen and oxygen atoms in total. The predicted molar refractivity (Wildman–Crippen MR) is 89.0 cm³/mol. The maximum atomic E-state index is 13.2. The number of H-pyrrole nitrogens is 1. The topological polar surface area (TPSA) is 61.0 Å². The molecule has 2 bridgehead atoms. The van der Waals surface area contributed by atoms with Gasteiger partial charge in [-0.15, -0.1) is 0 Å². The van der Waals surface area contributed by atoms with Gasteiger partial charge in [-0.1, -0.05) is 0 Å². The van der Waals surface area contributed by atoms with Crippen LogP contribution in [0.4, 0.5) is 4.39 Å². The Kier molecular flexibility index (Phi) is 3.84. The number of amides is 1. The molecule has 0 saturated carbocycles. The van der Waals surface area contributed by atoms with E-state index in [1.165, 1.54) is 12.3 Å². The first-order chi connectivity index (χ1) is 11.6.